The first-order chi connectivity index (χ1) is 14.2. The number of hydrogen-bond donors (Lipinski definition) is 0. The van der Waals surface area contributed by atoms with Gasteiger partial charge in [-0.15, -0.1) is 0 Å². The highest BCUT2D eigenvalue weighted by atomic mass is 16.3. The molecule has 3 heterocycles. The van der Waals surface area contributed by atoms with Gasteiger partial charge in [-0.2, -0.15) is 0 Å². The van der Waals surface area contributed by atoms with Crippen LogP contribution in [0.25, 0.3) is 0 Å². The molecule has 0 N–H and O–H groups in total. The van der Waals surface area contributed by atoms with E-state index in [1.807, 2.05) is 25.1 Å². The van der Waals surface area contributed by atoms with Crippen LogP contribution in [0, 0.1) is 6.92 Å². The highest BCUT2D eigenvalue weighted by Gasteiger charge is 2.32. The number of fused-ring (bicyclic) bond motifs is 1. The number of aromatic nitrogens is 2. The van der Waals surface area contributed by atoms with Gasteiger partial charge in [-0.3, -0.25) is 4.79 Å². The predicted molar refractivity (Wildman–Crippen MR) is 112 cm³/mol. The molecule has 1 fully saturated rings. The third-order valence-corrected chi connectivity index (χ3v) is 5.93. The number of rotatable bonds is 3. The Morgan fingerprint density at radius 2 is 1.69 bits per heavy atom. The Labute approximate surface area is 170 Å². The van der Waals surface area contributed by atoms with Crippen LogP contribution in [0.3, 0.4) is 0 Å². The van der Waals surface area contributed by atoms with E-state index in [1.165, 1.54) is 5.69 Å². The molecule has 148 valence electrons. The summed E-state index contributed by atoms with van der Waals surface area (Å²) in [5, 5.41) is 0. The van der Waals surface area contributed by atoms with Crippen molar-refractivity contribution in [3.8, 4) is 0 Å². The van der Waals surface area contributed by atoms with E-state index in [2.05, 4.69) is 34.1 Å². The quantitative estimate of drug-likeness (QED) is 0.683. The summed E-state index contributed by atoms with van der Waals surface area (Å²) in [5.41, 5.74) is 3.61. The second kappa shape index (κ2) is 7.35. The first kappa shape index (κ1) is 17.9. The second-order valence-corrected chi connectivity index (χ2v) is 7.78. The minimum absolute atomic E-state index is 0.0575. The van der Waals surface area contributed by atoms with Gasteiger partial charge >= 0.3 is 0 Å². The predicted octanol–water partition coefficient (Wildman–Crippen LogP) is 3.62. The van der Waals surface area contributed by atoms with Gasteiger partial charge < -0.3 is 14.2 Å². The fraction of sp³-hybridized carbons (Fsp3) is 0.348. The molecule has 1 aromatic carbocycles. The van der Waals surface area contributed by atoms with Gasteiger partial charge in [0.25, 0.3) is 0 Å². The number of aryl methyl sites for hydroxylation is 1. The van der Waals surface area contributed by atoms with E-state index in [0.29, 0.717) is 12.0 Å². The lowest BCUT2D eigenvalue weighted by Crippen LogP contribution is -2.47. The van der Waals surface area contributed by atoms with Crippen LogP contribution in [0.15, 0.2) is 53.1 Å². The van der Waals surface area contributed by atoms with E-state index in [1.54, 1.807) is 6.26 Å². The number of benzene rings is 1. The van der Waals surface area contributed by atoms with Crippen molar-refractivity contribution in [2.45, 2.75) is 25.7 Å². The maximum atomic E-state index is 12.8. The van der Waals surface area contributed by atoms with Crippen molar-refractivity contribution in [2.75, 3.05) is 36.0 Å². The van der Waals surface area contributed by atoms with Crippen LogP contribution in [0.2, 0.25) is 0 Å². The molecule has 1 aliphatic heterocycles. The largest absolute Gasteiger partial charge is 0.469 e. The summed E-state index contributed by atoms with van der Waals surface area (Å²) in [5.74, 6) is 1.77. The van der Waals surface area contributed by atoms with Gasteiger partial charge in [0.1, 0.15) is 5.76 Å². The Morgan fingerprint density at radius 3 is 2.41 bits per heavy atom. The number of anilines is 2. The van der Waals surface area contributed by atoms with Crippen LogP contribution in [-0.2, 0) is 6.42 Å². The van der Waals surface area contributed by atoms with E-state index in [9.17, 15) is 4.79 Å². The summed E-state index contributed by atoms with van der Waals surface area (Å²) in [4.78, 5) is 26.9. The van der Waals surface area contributed by atoms with Crippen molar-refractivity contribution in [3.05, 3.63) is 71.4 Å². The molecule has 1 aliphatic carbocycles. The van der Waals surface area contributed by atoms with Crippen molar-refractivity contribution in [2.24, 2.45) is 0 Å². The number of ketones is 1. The minimum Gasteiger partial charge on any atom is -0.469 e. The van der Waals surface area contributed by atoms with Crippen molar-refractivity contribution in [3.63, 3.8) is 0 Å². The molecule has 29 heavy (non-hydrogen) atoms. The second-order valence-electron chi connectivity index (χ2n) is 7.78. The molecule has 1 unspecified atom stereocenters. The monoisotopic (exact) mass is 388 g/mol. The number of piperazine rings is 1. The van der Waals surface area contributed by atoms with Crippen LogP contribution >= 0.6 is 0 Å². The number of carbonyl (C=O) groups is 1. The molecular weight excluding hydrogens is 364 g/mol. The number of furan rings is 1. The zero-order valence-corrected chi connectivity index (χ0v) is 16.5. The summed E-state index contributed by atoms with van der Waals surface area (Å²) in [6.45, 7) is 5.51. The number of Topliss-reactive ketones (excluding diaryl/α,β-unsaturated/α-hetero) is 1. The molecule has 0 radical (unpaired) electrons. The molecule has 6 heteroatoms. The zero-order chi connectivity index (χ0) is 19.8. The van der Waals surface area contributed by atoms with E-state index >= 15 is 0 Å². The molecule has 2 aliphatic rings. The van der Waals surface area contributed by atoms with Gasteiger partial charge in [0, 0.05) is 50.6 Å². The molecule has 3 aromatic rings. The van der Waals surface area contributed by atoms with Gasteiger partial charge in [-0.1, -0.05) is 18.2 Å². The van der Waals surface area contributed by atoms with Gasteiger partial charge in [0.15, 0.2) is 5.78 Å². The number of nitrogens with zero attached hydrogens (tertiary/aromatic N) is 4. The first-order valence-electron chi connectivity index (χ1n) is 10.2. The molecule has 5 rings (SSSR count). The summed E-state index contributed by atoms with van der Waals surface area (Å²) < 4.78 is 5.56. The van der Waals surface area contributed by atoms with Gasteiger partial charge in [0.05, 0.1) is 23.2 Å². The van der Waals surface area contributed by atoms with Gasteiger partial charge in [-0.05, 0) is 31.2 Å². The molecular formula is C23H24N4O2. The molecule has 6 nitrogen and oxygen atoms in total. The summed E-state index contributed by atoms with van der Waals surface area (Å²) in [6.07, 6.45) is 2.84. The zero-order valence-electron chi connectivity index (χ0n) is 16.5. The Morgan fingerprint density at radius 1 is 0.931 bits per heavy atom. The van der Waals surface area contributed by atoms with Crippen LogP contribution < -0.4 is 9.80 Å². The molecule has 0 bridgehead atoms. The van der Waals surface area contributed by atoms with E-state index in [4.69, 9.17) is 14.4 Å². The Balaban J connectivity index is 1.37. The van der Waals surface area contributed by atoms with Crippen LogP contribution in [-0.4, -0.2) is 41.9 Å². The van der Waals surface area contributed by atoms with E-state index < -0.39 is 0 Å². The van der Waals surface area contributed by atoms with Gasteiger partial charge in [-0.25, -0.2) is 9.97 Å². The summed E-state index contributed by atoms with van der Waals surface area (Å²) in [6, 6.07) is 14.3. The highest BCUT2D eigenvalue weighted by Crippen LogP contribution is 2.34. The number of para-hydroxylation sites is 1. The molecule has 0 amide bonds. The van der Waals surface area contributed by atoms with E-state index in [0.717, 1.165) is 55.7 Å². The third kappa shape index (κ3) is 3.39. The minimum atomic E-state index is 0.0575. The van der Waals surface area contributed by atoms with E-state index in [-0.39, 0.29) is 11.7 Å². The summed E-state index contributed by atoms with van der Waals surface area (Å²) >= 11 is 0. The van der Waals surface area contributed by atoms with Crippen LogP contribution in [0.4, 0.5) is 11.6 Å². The van der Waals surface area contributed by atoms with Crippen molar-refractivity contribution in [1.82, 2.24) is 9.97 Å². The Bertz CT molecular complexity index is 1010. The van der Waals surface area contributed by atoms with Crippen LogP contribution in [0.1, 0.15) is 39.8 Å². The maximum Gasteiger partial charge on any atom is 0.225 e. The molecule has 1 saturated heterocycles. The average Bonchev–Trinajstić information content (AvgIpc) is 3.29. The molecule has 0 saturated carbocycles. The fourth-order valence-corrected chi connectivity index (χ4v) is 4.43. The molecule has 0 spiro atoms. The average molecular weight is 388 g/mol. The normalized spacial score (nSPS) is 19.3. The third-order valence-electron chi connectivity index (χ3n) is 5.93. The number of carbonyl (C=O) groups excluding carboxylic acids is 1. The fourth-order valence-electron chi connectivity index (χ4n) is 4.43. The summed E-state index contributed by atoms with van der Waals surface area (Å²) in [7, 11) is 0. The van der Waals surface area contributed by atoms with Crippen molar-refractivity contribution >= 4 is 17.4 Å². The van der Waals surface area contributed by atoms with Crippen LogP contribution in [0.5, 0.6) is 0 Å². The topological polar surface area (TPSA) is 62.5 Å². The van der Waals surface area contributed by atoms with Crippen molar-refractivity contribution < 1.29 is 9.21 Å². The standard InChI is InChI=1S/C23H24N4O2/c1-16-22-19(14-17(15-20(22)28)21-8-5-13-29-21)25-23(24-16)27-11-9-26(10-12-27)18-6-3-2-4-7-18/h2-8,13,17H,9-12,14-15H2,1H3. The van der Waals surface area contributed by atoms with Gasteiger partial charge in [0.2, 0.25) is 5.95 Å². The Hall–Kier alpha value is -3.15. The lowest BCUT2D eigenvalue weighted by Gasteiger charge is -2.36. The first-order valence-corrected chi connectivity index (χ1v) is 10.2. The number of hydrogen-bond acceptors (Lipinski definition) is 6. The smallest absolute Gasteiger partial charge is 0.225 e. The molecule has 2 aromatic heterocycles. The lowest BCUT2D eigenvalue weighted by molar-refractivity contribution is 0.0958. The highest BCUT2D eigenvalue weighted by molar-refractivity contribution is 5.99. The Kier molecular flexibility index (Phi) is 4.54. The SMILES string of the molecule is Cc1nc(N2CCN(c3ccccc3)CC2)nc2c1C(=O)CC(c1ccco1)C2. The molecule has 1 atom stereocenters. The van der Waals surface area contributed by atoms with Crippen molar-refractivity contribution in [1.29, 1.82) is 0 Å². The lowest BCUT2D eigenvalue weighted by atomic mass is 9.84. The maximum absolute atomic E-state index is 12.8.